The second-order valence-electron chi connectivity index (χ2n) is 8.53. The van der Waals surface area contributed by atoms with Crippen LogP contribution in [0.25, 0.3) is 10.8 Å². The zero-order chi connectivity index (χ0) is 27.8. The first-order valence-electron chi connectivity index (χ1n) is 12.2. The minimum absolute atomic E-state index is 0.0933. The van der Waals surface area contributed by atoms with E-state index in [2.05, 4.69) is 26.6 Å². The zero-order valence-corrected chi connectivity index (χ0v) is 22.7. The number of rotatable bonds is 9. The molecule has 2 amide bonds. The molecule has 0 heterocycles. The van der Waals surface area contributed by atoms with Crippen LogP contribution in [0.1, 0.15) is 18.6 Å². The average molecular weight is 590 g/mol. The number of halogens is 1. The van der Waals surface area contributed by atoms with Crippen LogP contribution in [-0.4, -0.2) is 29.8 Å². The lowest BCUT2D eigenvalue weighted by Crippen LogP contribution is -2.28. The fourth-order valence-corrected chi connectivity index (χ4v) is 4.33. The number of fused-ring (bicyclic) bond motifs is 1. The van der Waals surface area contributed by atoms with Gasteiger partial charge in [0.15, 0.2) is 6.10 Å². The molecule has 9 heteroatoms. The highest BCUT2D eigenvalue weighted by molar-refractivity contribution is 9.10. The van der Waals surface area contributed by atoms with Crippen LogP contribution in [0.15, 0.2) is 102 Å². The minimum atomic E-state index is -0.961. The SMILES string of the molecule is CCO[C@H](/C=C/C(=O)Nc1ccccc1N)[C@H](OC(=O)Nc1ccc(Br)cc1)c1ccc(O)c2ccccc12. The molecule has 8 nitrogen and oxygen atoms in total. The monoisotopic (exact) mass is 589 g/mol. The van der Waals surface area contributed by atoms with Crippen LogP contribution in [0.5, 0.6) is 5.75 Å². The van der Waals surface area contributed by atoms with Gasteiger partial charge in [-0.15, -0.1) is 0 Å². The van der Waals surface area contributed by atoms with Gasteiger partial charge in [0.1, 0.15) is 11.9 Å². The largest absolute Gasteiger partial charge is 0.507 e. The number of amides is 2. The van der Waals surface area contributed by atoms with E-state index in [1.54, 1.807) is 67.6 Å². The van der Waals surface area contributed by atoms with E-state index in [1.165, 1.54) is 18.2 Å². The molecule has 0 saturated carbocycles. The summed E-state index contributed by atoms with van der Waals surface area (Å²) in [6, 6.07) is 24.4. The van der Waals surface area contributed by atoms with Crippen molar-refractivity contribution in [2.24, 2.45) is 0 Å². The Labute approximate surface area is 234 Å². The summed E-state index contributed by atoms with van der Waals surface area (Å²) in [7, 11) is 0. The molecule has 39 heavy (non-hydrogen) atoms. The molecule has 200 valence electrons. The Bertz CT molecular complexity index is 1490. The zero-order valence-electron chi connectivity index (χ0n) is 21.1. The molecule has 0 saturated heterocycles. The standard InChI is InChI=1S/C30H28BrN3O5/c1-2-38-27(17-18-28(36)34-25-10-6-5-9-24(25)32)29(39-30(37)33-20-13-11-19(31)12-14-20)23-15-16-26(35)22-8-4-3-7-21(22)23/h3-18,27,29,35H,2,32H2,1H3,(H,33,37)(H,34,36)/b18-17+/t27-,29-/m1/s1. The van der Waals surface area contributed by atoms with E-state index >= 15 is 0 Å². The second-order valence-corrected chi connectivity index (χ2v) is 9.45. The molecule has 4 rings (SSSR count). The van der Waals surface area contributed by atoms with Crippen LogP contribution in [0, 0.1) is 0 Å². The first-order chi connectivity index (χ1) is 18.9. The van der Waals surface area contributed by atoms with E-state index in [0.717, 1.165) is 4.47 Å². The smallest absolute Gasteiger partial charge is 0.412 e. The second kappa shape index (κ2) is 12.9. The predicted octanol–water partition coefficient (Wildman–Crippen LogP) is 6.78. The summed E-state index contributed by atoms with van der Waals surface area (Å²) in [6.45, 7) is 2.09. The summed E-state index contributed by atoms with van der Waals surface area (Å²) < 4.78 is 12.8. The fraction of sp³-hybridized carbons (Fsp3) is 0.133. The normalized spacial score (nSPS) is 12.7. The number of nitrogens with two attached hydrogens (primary N) is 1. The Balaban J connectivity index is 1.66. The Kier molecular flexibility index (Phi) is 9.19. The average Bonchev–Trinajstić information content (AvgIpc) is 2.93. The first-order valence-corrected chi connectivity index (χ1v) is 13.0. The van der Waals surface area contributed by atoms with E-state index in [-0.39, 0.29) is 12.4 Å². The van der Waals surface area contributed by atoms with Gasteiger partial charge in [-0.1, -0.05) is 58.4 Å². The van der Waals surface area contributed by atoms with Crippen molar-refractivity contribution in [1.29, 1.82) is 0 Å². The molecule has 0 aliphatic carbocycles. The van der Waals surface area contributed by atoms with Crippen LogP contribution in [0.3, 0.4) is 0 Å². The number of phenolic OH excluding ortho intramolecular Hbond substituents is 1. The third kappa shape index (κ3) is 7.16. The third-order valence-electron chi connectivity index (χ3n) is 5.88. The summed E-state index contributed by atoms with van der Waals surface area (Å²) in [5.41, 5.74) is 7.99. The highest BCUT2D eigenvalue weighted by atomic mass is 79.9. The molecule has 2 atom stereocenters. The number of aromatic hydroxyl groups is 1. The number of ether oxygens (including phenoxy) is 2. The number of benzene rings is 4. The van der Waals surface area contributed by atoms with E-state index < -0.39 is 24.2 Å². The van der Waals surface area contributed by atoms with Crippen LogP contribution in [-0.2, 0) is 14.3 Å². The van der Waals surface area contributed by atoms with Crippen molar-refractivity contribution < 1.29 is 24.2 Å². The lowest BCUT2D eigenvalue weighted by molar-refractivity contribution is -0.112. The molecule has 0 unspecified atom stereocenters. The van der Waals surface area contributed by atoms with Crippen LogP contribution >= 0.6 is 15.9 Å². The first kappa shape index (κ1) is 27.7. The third-order valence-corrected chi connectivity index (χ3v) is 6.41. The van der Waals surface area contributed by atoms with Crippen molar-refractivity contribution in [3.8, 4) is 5.75 Å². The van der Waals surface area contributed by atoms with E-state index in [4.69, 9.17) is 15.2 Å². The molecule has 0 spiro atoms. The maximum absolute atomic E-state index is 13.0. The van der Waals surface area contributed by atoms with Gasteiger partial charge in [0, 0.05) is 33.8 Å². The molecule has 0 aliphatic rings. The summed E-state index contributed by atoms with van der Waals surface area (Å²) in [4.78, 5) is 25.8. The Morgan fingerprint density at radius 2 is 1.64 bits per heavy atom. The van der Waals surface area contributed by atoms with E-state index in [9.17, 15) is 14.7 Å². The minimum Gasteiger partial charge on any atom is -0.507 e. The predicted molar refractivity (Wildman–Crippen MR) is 157 cm³/mol. The molecule has 0 aliphatic heterocycles. The molecule has 4 aromatic rings. The maximum atomic E-state index is 13.0. The van der Waals surface area contributed by atoms with Crippen molar-refractivity contribution in [3.63, 3.8) is 0 Å². The molecule has 4 aromatic carbocycles. The van der Waals surface area contributed by atoms with Crippen molar-refractivity contribution in [2.75, 3.05) is 23.0 Å². The van der Waals surface area contributed by atoms with Gasteiger partial charge < -0.3 is 25.6 Å². The fourth-order valence-electron chi connectivity index (χ4n) is 4.06. The Morgan fingerprint density at radius 3 is 2.36 bits per heavy atom. The summed E-state index contributed by atoms with van der Waals surface area (Å²) in [6.07, 6.45) is 0.350. The number of hydrogen-bond acceptors (Lipinski definition) is 6. The van der Waals surface area contributed by atoms with Gasteiger partial charge in [0.05, 0.1) is 11.4 Å². The van der Waals surface area contributed by atoms with Gasteiger partial charge in [0.2, 0.25) is 5.91 Å². The van der Waals surface area contributed by atoms with Gasteiger partial charge in [0.25, 0.3) is 0 Å². The Morgan fingerprint density at radius 1 is 0.949 bits per heavy atom. The number of nitrogen functional groups attached to an aromatic ring is 1. The topological polar surface area (TPSA) is 123 Å². The molecule has 0 fully saturated rings. The van der Waals surface area contributed by atoms with E-state index in [1.807, 2.05) is 18.2 Å². The number of nitrogens with one attached hydrogen (secondary N) is 2. The molecule has 5 N–H and O–H groups in total. The molecule has 0 bridgehead atoms. The lowest BCUT2D eigenvalue weighted by Gasteiger charge is -2.26. The summed E-state index contributed by atoms with van der Waals surface area (Å²) in [5.74, 6) is -0.332. The van der Waals surface area contributed by atoms with Crippen molar-refractivity contribution in [3.05, 3.63) is 107 Å². The van der Waals surface area contributed by atoms with E-state index in [0.29, 0.717) is 33.4 Å². The quantitative estimate of drug-likeness (QED) is 0.126. The van der Waals surface area contributed by atoms with Crippen LogP contribution in [0.2, 0.25) is 0 Å². The highest BCUT2D eigenvalue weighted by Crippen LogP contribution is 2.35. The van der Waals surface area contributed by atoms with Crippen molar-refractivity contribution in [2.45, 2.75) is 19.1 Å². The number of carbonyl (C=O) groups is 2. The molecule has 0 radical (unpaired) electrons. The van der Waals surface area contributed by atoms with Crippen molar-refractivity contribution >= 4 is 55.8 Å². The van der Waals surface area contributed by atoms with Gasteiger partial charge >= 0.3 is 6.09 Å². The van der Waals surface area contributed by atoms with Gasteiger partial charge in [-0.05, 0) is 60.9 Å². The van der Waals surface area contributed by atoms with Crippen LogP contribution in [0.4, 0.5) is 21.9 Å². The summed E-state index contributed by atoms with van der Waals surface area (Å²) >= 11 is 3.37. The maximum Gasteiger partial charge on any atom is 0.412 e. The van der Waals surface area contributed by atoms with Gasteiger partial charge in [-0.25, -0.2) is 4.79 Å². The Hall–Kier alpha value is -4.34. The molecular formula is C30H28BrN3O5. The van der Waals surface area contributed by atoms with Crippen LogP contribution < -0.4 is 16.4 Å². The number of phenols is 1. The van der Waals surface area contributed by atoms with Crippen molar-refractivity contribution in [1.82, 2.24) is 0 Å². The summed E-state index contributed by atoms with van der Waals surface area (Å²) in [5, 5.41) is 17.2. The number of anilines is 3. The number of carbonyl (C=O) groups excluding carboxylic acids is 2. The van der Waals surface area contributed by atoms with Gasteiger partial charge in [-0.3, -0.25) is 10.1 Å². The lowest BCUT2D eigenvalue weighted by atomic mass is 9.96. The highest BCUT2D eigenvalue weighted by Gasteiger charge is 2.28. The molecular weight excluding hydrogens is 562 g/mol. The number of para-hydroxylation sites is 2. The van der Waals surface area contributed by atoms with Gasteiger partial charge in [-0.2, -0.15) is 0 Å². The number of hydrogen-bond donors (Lipinski definition) is 4. The molecule has 0 aromatic heterocycles.